The predicted molar refractivity (Wildman–Crippen MR) is 86.5 cm³/mol. The van der Waals surface area contributed by atoms with Gasteiger partial charge in [0.25, 0.3) is 0 Å². The second-order valence-electron chi connectivity index (χ2n) is 6.65. The van der Waals surface area contributed by atoms with Crippen molar-refractivity contribution in [2.75, 3.05) is 18.4 Å². The molecule has 2 fully saturated rings. The molecular weight excluding hydrogens is 304 g/mol. The zero-order chi connectivity index (χ0) is 16.7. The number of likely N-dealkylation sites (tertiary alicyclic amines) is 1. The Kier molecular flexibility index (Phi) is 3.57. The number of nitriles is 1. The molecule has 1 aliphatic heterocycles. The second-order valence-corrected chi connectivity index (χ2v) is 6.65. The summed E-state index contributed by atoms with van der Waals surface area (Å²) in [6, 6.07) is 5.42. The number of hydrogen-bond acceptors (Lipinski definition) is 5. The molecule has 1 aromatic rings. The van der Waals surface area contributed by atoms with Crippen LogP contribution in [0.2, 0.25) is 0 Å². The fourth-order valence-electron chi connectivity index (χ4n) is 4.22. The van der Waals surface area contributed by atoms with Crippen molar-refractivity contribution in [3.05, 3.63) is 36.2 Å². The minimum absolute atomic E-state index is 0.0156. The molecule has 24 heavy (non-hydrogen) atoms. The summed E-state index contributed by atoms with van der Waals surface area (Å²) in [5.74, 6) is 0.351. The molecule has 122 valence electrons. The summed E-state index contributed by atoms with van der Waals surface area (Å²) in [7, 11) is 0. The van der Waals surface area contributed by atoms with Crippen molar-refractivity contribution >= 4 is 17.5 Å². The molecule has 3 aliphatic rings. The van der Waals surface area contributed by atoms with E-state index in [-0.39, 0.29) is 35.5 Å². The van der Waals surface area contributed by atoms with Gasteiger partial charge in [-0.2, -0.15) is 5.26 Å². The fraction of sp³-hybridized carbons (Fsp3) is 0.444. The highest BCUT2D eigenvalue weighted by Gasteiger charge is 2.58. The van der Waals surface area contributed by atoms with E-state index in [2.05, 4.69) is 22.5 Å². The third-order valence-corrected chi connectivity index (χ3v) is 5.33. The first kappa shape index (κ1) is 14.9. The molecule has 2 heterocycles. The molecule has 0 aromatic carbocycles. The Balaban J connectivity index is 1.30. The zero-order valence-electron chi connectivity index (χ0n) is 13.2. The number of nitrogens with one attached hydrogen (secondary N) is 1. The molecule has 0 unspecified atom stereocenters. The van der Waals surface area contributed by atoms with Crippen LogP contribution in [0, 0.1) is 35.0 Å². The van der Waals surface area contributed by atoms with Gasteiger partial charge in [-0.3, -0.25) is 14.5 Å². The first-order valence-corrected chi connectivity index (χ1v) is 8.32. The number of fused-ring (bicyclic) bond motifs is 5. The minimum atomic E-state index is -0.108. The lowest BCUT2D eigenvalue weighted by Gasteiger charge is -2.17. The van der Waals surface area contributed by atoms with Crippen LogP contribution in [0.5, 0.6) is 0 Å². The molecule has 1 aromatic heterocycles. The van der Waals surface area contributed by atoms with E-state index < -0.39 is 0 Å². The van der Waals surface area contributed by atoms with Crippen molar-refractivity contribution in [3.63, 3.8) is 0 Å². The monoisotopic (exact) mass is 322 g/mol. The molecule has 2 bridgehead atoms. The van der Waals surface area contributed by atoms with Crippen LogP contribution in [0.15, 0.2) is 30.5 Å². The van der Waals surface area contributed by atoms with Crippen molar-refractivity contribution in [2.45, 2.75) is 12.8 Å². The third-order valence-electron chi connectivity index (χ3n) is 5.33. The highest BCUT2D eigenvalue weighted by Crippen LogP contribution is 2.52. The normalized spacial score (nSPS) is 29.9. The fourth-order valence-corrected chi connectivity index (χ4v) is 4.22. The van der Waals surface area contributed by atoms with Crippen molar-refractivity contribution in [1.82, 2.24) is 9.88 Å². The maximum absolute atomic E-state index is 12.5. The summed E-state index contributed by atoms with van der Waals surface area (Å²) >= 11 is 0. The van der Waals surface area contributed by atoms with Gasteiger partial charge in [-0.25, -0.2) is 4.98 Å². The van der Waals surface area contributed by atoms with Crippen LogP contribution >= 0.6 is 0 Å². The van der Waals surface area contributed by atoms with Gasteiger partial charge in [-0.15, -0.1) is 0 Å². The molecule has 1 saturated heterocycles. The average Bonchev–Trinajstić information content (AvgIpc) is 3.28. The minimum Gasteiger partial charge on any atom is -0.384 e. The summed E-state index contributed by atoms with van der Waals surface area (Å²) in [6.07, 6.45) is 7.49. The highest BCUT2D eigenvalue weighted by molar-refractivity contribution is 6.06. The summed E-state index contributed by atoms with van der Waals surface area (Å²) in [4.78, 5) is 30.5. The molecule has 0 spiro atoms. The van der Waals surface area contributed by atoms with Crippen LogP contribution in [0.3, 0.4) is 0 Å². The molecule has 2 amide bonds. The molecule has 6 nitrogen and oxygen atoms in total. The number of nitrogens with zero attached hydrogens (tertiary/aromatic N) is 3. The Hall–Kier alpha value is -2.68. The maximum atomic E-state index is 12.5. The molecule has 1 N–H and O–H groups in total. The maximum Gasteiger partial charge on any atom is 0.233 e. The number of carbonyl (C=O) groups is 2. The van der Waals surface area contributed by atoms with Crippen LogP contribution in [0.25, 0.3) is 0 Å². The SMILES string of the molecule is N#Cc1ccc(NCCCN2C(=O)[C@H]3[C@H](C2=O)[C@H]2C=C[C@H]3C2)cn1. The Morgan fingerprint density at radius 2 is 1.92 bits per heavy atom. The number of allylic oxidation sites excluding steroid dienone is 2. The lowest BCUT2D eigenvalue weighted by atomic mass is 9.85. The molecular formula is C18H18N4O2. The van der Waals surface area contributed by atoms with Crippen molar-refractivity contribution in [1.29, 1.82) is 5.26 Å². The van der Waals surface area contributed by atoms with E-state index in [4.69, 9.17) is 5.26 Å². The highest BCUT2D eigenvalue weighted by atomic mass is 16.2. The summed E-state index contributed by atoms with van der Waals surface area (Å²) < 4.78 is 0. The van der Waals surface area contributed by atoms with Crippen LogP contribution in [0.1, 0.15) is 18.5 Å². The van der Waals surface area contributed by atoms with E-state index in [0.717, 1.165) is 12.1 Å². The van der Waals surface area contributed by atoms with E-state index in [9.17, 15) is 9.59 Å². The van der Waals surface area contributed by atoms with Crippen LogP contribution in [-0.2, 0) is 9.59 Å². The van der Waals surface area contributed by atoms with E-state index in [0.29, 0.717) is 25.2 Å². The summed E-state index contributed by atoms with van der Waals surface area (Å²) in [5, 5.41) is 11.9. The molecule has 6 heteroatoms. The van der Waals surface area contributed by atoms with E-state index in [1.165, 1.54) is 4.90 Å². The molecule has 0 radical (unpaired) electrons. The average molecular weight is 322 g/mol. The van der Waals surface area contributed by atoms with Gasteiger partial charge in [-0.1, -0.05) is 12.2 Å². The number of imide groups is 1. The lowest BCUT2D eigenvalue weighted by molar-refractivity contribution is -0.140. The number of amides is 2. The van der Waals surface area contributed by atoms with Gasteiger partial charge in [0.15, 0.2) is 0 Å². The van der Waals surface area contributed by atoms with Crippen LogP contribution < -0.4 is 5.32 Å². The number of aromatic nitrogens is 1. The largest absolute Gasteiger partial charge is 0.384 e. The Labute approximate surface area is 140 Å². The predicted octanol–water partition coefficient (Wildman–Crippen LogP) is 1.56. The van der Waals surface area contributed by atoms with Crippen molar-refractivity contribution in [2.24, 2.45) is 23.7 Å². The van der Waals surface area contributed by atoms with Gasteiger partial charge in [0.1, 0.15) is 11.8 Å². The topological polar surface area (TPSA) is 86.1 Å². The van der Waals surface area contributed by atoms with Gasteiger partial charge >= 0.3 is 0 Å². The van der Waals surface area contributed by atoms with Crippen molar-refractivity contribution in [3.8, 4) is 6.07 Å². The van der Waals surface area contributed by atoms with Gasteiger partial charge < -0.3 is 5.32 Å². The zero-order valence-corrected chi connectivity index (χ0v) is 13.2. The molecule has 4 rings (SSSR count). The number of pyridine rings is 1. The van der Waals surface area contributed by atoms with E-state index >= 15 is 0 Å². The summed E-state index contributed by atoms with van der Waals surface area (Å²) in [5.41, 5.74) is 1.20. The third kappa shape index (κ3) is 2.28. The Bertz CT molecular complexity index is 719. The van der Waals surface area contributed by atoms with Crippen LogP contribution in [0.4, 0.5) is 5.69 Å². The standard InChI is InChI=1S/C18H18N4O2/c19-9-13-4-5-14(10-21-13)20-6-1-7-22-17(23)15-11-2-3-12(8-11)16(15)18(22)24/h2-5,10-12,15-16,20H,1,6-8H2/t11-,12-,15+,16+/m0/s1. The first-order chi connectivity index (χ1) is 11.7. The van der Waals surface area contributed by atoms with Gasteiger partial charge in [-0.05, 0) is 36.8 Å². The number of hydrogen-bond donors (Lipinski definition) is 1. The lowest BCUT2D eigenvalue weighted by Crippen LogP contribution is -2.34. The number of carbonyl (C=O) groups excluding carboxylic acids is 2. The summed E-state index contributed by atoms with van der Waals surface area (Å²) in [6.45, 7) is 1.10. The van der Waals surface area contributed by atoms with Gasteiger partial charge in [0.2, 0.25) is 11.8 Å². The quantitative estimate of drug-likeness (QED) is 0.505. The van der Waals surface area contributed by atoms with Crippen LogP contribution in [-0.4, -0.2) is 34.8 Å². The smallest absolute Gasteiger partial charge is 0.233 e. The van der Waals surface area contributed by atoms with Crippen molar-refractivity contribution < 1.29 is 9.59 Å². The molecule has 1 saturated carbocycles. The second kappa shape index (κ2) is 5.75. The van der Waals surface area contributed by atoms with Gasteiger partial charge in [0.05, 0.1) is 23.7 Å². The molecule has 2 aliphatic carbocycles. The molecule has 4 atom stereocenters. The van der Waals surface area contributed by atoms with Gasteiger partial charge in [0, 0.05) is 13.1 Å². The Morgan fingerprint density at radius 1 is 1.21 bits per heavy atom. The Morgan fingerprint density at radius 3 is 2.50 bits per heavy atom. The first-order valence-electron chi connectivity index (χ1n) is 8.32. The number of anilines is 1. The van der Waals surface area contributed by atoms with E-state index in [1.807, 2.05) is 6.07 Å². The van der Waals surface area contributed by atoms with E-state index in [1.54, 1.807) is 18.3 Å². The number of rotatable bonds is 5.